The lowest BCUT2D eigenvalue weighted by Crippen LogP contribution is -2.48. The third-order valence-electron chi connectivity index (χ3n) is 10.2. The van der Waals surface area contributed by atoms with E-state index in [2.05, 4.69) is 61.6 Å². The van der Waals surface area contributed by atoms with E-state index >= 15 is 0 Å². The molecular weight excluding hydrogens is 645 g/mol. The van der Waals surface area contributed by atoms with Gasteiger partial charge in [-0.25, -0.2) is 8.42 Å². The van der Waals surface area contributed by atoms with Crippen molar-refractivity contribution in [2.75, 3.05) is 6.61 Å². The number of carbonyl (C=O) groups excluding carboxylic acids is 1. The summed E-state index contributed by atoms with van der Waals surface area (Å²) in [6.45, 7) is 23.9. The Balaban J connectivity index is 2.52. The van der Waals surface area contributed by atoms with Gasteiger partial charge in [-0.15, -0.1) is 0 Å². The fourth-order valence-electron chi connectivity index (χ4n) is 5.62. The summed E-state index contributed by atoms with van der Waals surface area (Å²) in [4.78, 5) is 12.7. The normalized spacial score (nSPS) is 16.2. The summed E-state index contributed by atoms with van der Waals surface area (Å²) in [7, 11) is -8.02. The fraction of sp³-hybridized carbons (Fsp3) is 0.649. The molecule has 7 nitrogen and oxygen atoms in total. The molecule has 5 atom stereocenters. The Morgan fingerprint density at radius 3 is 1.87 bits per heavy atom. The molecule has 0 spiro atoms. The molecule has 0 bridgehead atoms. The highest BCUT2D eigenvalue weighted by atomic mass is 32.2. The van der Waals surface area contributed by atoms with E-state index in [1.165, 1.54) is 6.92 Å². The van der Waals surface area contributed by atoms with Gasteiger partial charge in [0.15, 0.2) is 26.5 Å². The van der Waals surface area contributed by atoms with E-state index < -0.39 is 49.9 Å². The van der Waals surface area contributed by atoms with E-state index in [0.29, 0.717) is 13.0 Å². The van der Waals surface area contributed by atoms with E-state index in [9.17, 15) is 13.2 Å². The average molecular weight is 707 g/mol. The highest BCUT2D eigenvalue weighted by Gasteiger charge is 2.43. The van der Waals surface area contributed by atoms with Gasteiger partial charge in [0.2, 0.25) is 0 Å². The molecule has 0 saturated carbocycles. The number of benzene rings is 2. The Hall–Kier alpha value is -1.83. The number of sulfone groups is 1. The molecule has 10 heteroatoms. The Labute approximate surface area is 288 Å². The number of esters is 1. The van der Waals surface area contributed by atoms with Gasteiger partial charge in [-0.1, -0.05) is 97.0 Å². The fourth-order valence-corrected chi connectivity index (χ4v) is 11.7. The largest absolute Gasteiger partial charge is 0.458 e. The predicted molar refractivity (Wildman–Crippen MR) is 197 cm³/mol. The van der Waals surface area contributed by atoms with Crippen molar-refractivity contribution in [3.8, 4) is 0 Å². The zero-order valence-electron chi connectivity index (χ0n) is 30.9. The molecule has 0 radical (unpaired) electrons. The lowest BCUT2D eigenvalue weighted by atomic mass is 9.98. The van der Waals surface area contributed by atoms with Gasteiger partial charge < -0.3 is 18.3 Å². The first-order valence-electron chi connectivity index (χ1n) is 17.4. The molecule has 0 aliphatic carbocycles. The van der Waals surface area contributed by atoms with Crippen LogP contribution in [0.3, 0.4) is 0 Å². The molecule has 2 aromatic rings. The van der Waals surface area contributed by atoms with Gasteiger partial charge in [0, 0.05) is 25.6 Å². The van der Waals surface area contributed by atoms with Crippen LogP contribution >= 0.6 is 0 Å². The van der Waals surface area contributed by atoms with E-state index in [1.54, 1.807) is 37.3 Å². The van der Waals surface area contributed by atoms with Crippen molar-refractivity contribution in [3.05, 3.63) is 66.2 Å². The first-order valence-corrected chi connectivity index (χ1v) is 24.3. The maximum Gasteiger partial charge on any atom is 0.303 e. The molecule has 0 heterocycles. The summed E-state index contributed by atoms with van der Waals surface area (Å²) in [6.07, 6.45) is -1.19. The Kier molecular flexibility index (Phi) is 16.1. The molecule has 0 aliphatic heterocycles. The van der Waals surface area contributed by atoms with E-state index in [0.717, 1.165) is 23.7 Å². The third kappa shape index (κ3) is 11.9. The minimum atomic E-state index is -3.94. The van der Waals surface area contributed by atoms with E-state index in [1.807, 2.05) is 30.3 Å². The van der Waals surface area contributed by atoms with Crippen LogP contribution in [0.25, 0.3) is 0 Å². The molecule has 0 saturated heterocycles. The Bertz CT molecular complexity index is 1300. The average Bonchev–Trinajstić information content (AvgIpc) is 3.04. The topological polar surface area (TPSA) is 88.1 Å². The monoisotopic (exact) mass is 706 g/mol. The molecule has 0 aromatic heterocycles. The van der Waals surface area contributed by atoms with Crippen molar-refractivity contribution in [3.63, 3.8) is 0 Å². The van der Waals surface area contributed by atoms with Gasteiger partial charge in [0.05, 0.1) is 17.6 Å². The van der Waals surface area contributed by atoms with Crippen molar-refractivity contribution in [1.82, 2.24) is 0 Å². The maximum absolute atomic E-state index is 14.4. The molecule has 47 heavy (non-hydrogen) atoms. The van der Waals surface area contributed by atoms with Gasteiger partial charge in [-0.2, -0.15) is 0 Å². The molecular formula is C37H62O7SSi2. The van der Waals surface area contributed by atoms with Crippen molar-refractivity contribution in [2.24, 2.45) is 5.92 Å². The molecule has 0 N–H and O–H groups in total. The highest BCUT2D eigenvalue weighted by molar-refractivity contribution is 7.92. The highest BCUT2D eigenvalue weighted by Crippen LogP contribution is 2.38. The summed E-state index contributed by atoms with van der Waals surface area (Å²) < 4.78 is 54.8. The SMILES string of the molecule is CC[Si](CC)(CC)O[C@H](CCC(C(OC(C)=O)[C@H](C)OCc1ccccc1)S(=O)(=O)c1ccccc1)[C@@H](C)CO[Si](C)(C)C(C)(C)C. The number of hydrogen-bond donors (Lipinski definition) is 0. The smallest absolute Gasteiger partial charge is 0.303 e. The number of carbonyl (C=O) groups is 1. The van der Waals surface area contributed by atoms with Crippen LogP contribution in [0.5, 0.6) is 0 Å². The van der Waals surface area contributed by atoms with E-state index in [-0.39, 0.29) is 35.0 Å². The second kappa shape index (κ2) is 18.2. The standard InChI is InChI=1S/C37H62O7SSi2/c1-12-47(13-2,14-3)44-34(29(4)27-42-46(10,11)37(7,8)9)25-26-35(45(39,40)33-23-19-16-20-24-33)36(43-31(6)38)30(5)41-28-32-21-17-15-18-22-32/h15-24,29-30,34-36H,12-14,25-28H2,1-11H3/t29-,30-,34+,35?,36?/m0/s1. The van der Waals surface area contributed by atoms with Crippen LogP contribution in [0.15, 0.2) is 65.6 Å². The second-order valence-electron chi connectivity index (χ2n) is 14.5. The van der Waals surface area contributed by atoms with Crippen LogP contribution in [0.1, 0.15) is 80.7 Å². The molecule has 2 aromatic carbocycles. The van der Waals surface area contributed by atoms with Crippen molar-refractivity contribution < 1.29 is 31.5 Å². The number of rotatable bonds is 20. The van der Waals surface area contributed by atoms with Crippen molar-refractivity contribution in [2.45, 2.75) is 146 Å². The van der Waals surface area contributed by atoms with Crippen LogP contribution in [-0.2, 0) is 39.6 Å². The predicted octanol–water partition coefficient (Wildman–Crippen LogP) is 9.19. The van der Waals surface area contributed by atoms with Crippen LogP contribution in [0.4, 0.5) is 0 Å². The second-order valence-corrected chi connectivity index (χ2v) is 26.2. The van der Waals surface area contributed by atoms with Crippen LogP contribution in [-0.4, -0.2) is 61.2 Å². The zero-order valence-corrected chi connectivity index (χ0v) is 33.7. The lowest BCUT2D eigenvalue weighted by molar-refractivity contribution is -0.155. The molecule has 2 rings (SSSR count). The number of hydrogen-bond acceptors (Lipinski definition) is 7. The Morgan fingerprint density at radius 1 is 0.851 bits per heavy atom. The van der Waals surface area contributed by atoms with Crippen LogP contribution in [0, 0.1) is 5.92 Å². The quantitative estimate of drug-likeness (QED) is 0.100. The number of ether oxygens (including phenoxy) is 2. The van der Waals surface area contributed by atoms with Crippen LogP contribution < -0.4 is 0 Å². The molecule has 2 unspecified atom stereocenters. The van der Waals surface area contributed by atoms with Gasteiger partial charge >= 0.3 is 5.97 Å². The molecule has 266 valence electrons. The minimum absolute atomic E-state index is 0.0414. The summed E-state index contributed by atoms with van der Waals surface area (Å²) in [5.74, 6) is -0.503. The zero-order chi connectivity index (χ0) is 35.5. The summed E-state index contributed by atoms with van der Waals surface area (Å²) in [5, 5.41) is -0.972. The molecule has 0 amide bonds. The minimum Gasteiger partial charge on any atom is -0.458 e. The van der Waals surface area contributed by atoms with Gasteiger partial charge in [0.1, 0.15) is 11.4 Å². The van der Waals surface area contributed by atoms with Gasteiger partial charge in [-0.3, -0.25) is 4.79 Å². The van der Waals surface area contributed by atoms with E-state index in [4.69, 9.17) is 18.3 Å². The summed E-state index contributed by atoms with van der Waals surface area (Å²) in [6, 6.07) is 21.1. The maximum atomic E-state index is 14.4. The molecule has 0 fully saturated rings. The lowest BCUT2D eigenvalue weighted by Gasteiger charge is -2.40. The van der Waals surface area contributed by atoms with Crippen molar-refractivity contribution in [1.29, 1.82) is 0 Å². The first kappa shape index (κ1) is 41.3. The van der Waals surface area contributed by atoms with Crippen LogP contribution in [0.2, 0.25) is 36.3 Å². The van der Waals surface area contributed by atoms with Gasteiger partial charge in [-0.05, 0) is 73.7 Å². The summed E-state index contributed by atoms with van der Waals surface area (Å²) >= 11 is 0. The first-order chi connectivity index (χ1) is 21.9. The third-order valence-corrected chi connectivity index (χ3v) is 21.6. The van der Waals surface area contributed by atoms with Gasteiger partial charge in [0.25, 0.3) is 0 Å². The van der Waals surface area contributed by atoms with Crippen molar-refractivity contribution >= 4 is 32.4 Å². The summed E-state index contributed by atoms with van der Waals surface area (Å²) in [5.41, 5.74) is 0.951. The Morgan fingerprint density at radius 2 is 1.38 bits per heavy atom. The molecule has 0 aliphatic rings.